The van der Waals surface area contributed by atoms with Crippen LogP contribution in [0.4, 0.5) is 0 Å². The molecule has 1 aromatic rings. The molecule has 1 rings (SSSR count). The van der Waals surface area contributed by atoms with Gasteiger partial charge in [-0.15, -0.1) is 0 Å². The van der Waals surface area contributed by atoms with Crippen LogP contribution in [0.2, 0.25) is 0 Å². The smallest absolute Gasteiger partial charge is 0.240 e. The second-order valence-electron chi connectivity index (χ2n) is 3.57. The minimum Gasteiger partial charge on any atom is -0.496 e. The largest absolute Gasteiger partial charge is 0.496 e. The number of methoxy groups -OCH3 is 1. The van der Waals surface area contributed by atoms with Gasteiger partial charge in [0.05, 0.1) is 16.5 Å². The lowest BCUT2D eigenvalue weighted by molar-refractivity contribution is 0.410. The van der Waals surface area contributed by atoms with E-state index in [0.29, 0.717) is 5.75 Å². The van der Waals surface area contributed by atoms with Gasteiger partial charge in [-0.3, -0.25) is 0 Å². The molecule has 0 aliphatic heterocycles. The topological polar surface area (TPSA) is 55.4 Å². The number of halogens is 1. The first kappa shape index (κ1) is 13.5. The second-order valence-corrected chi connectivity index (χ2v) is 6.14. The fraction of sp³-hybridized carbons (Fsp3) is 0.400. The summed E-state index contributed by atoms with van der Waals surface area (Å²) in [5.41, 5.74) is 0. The molecular weight excluding hydrogens is 294 g/mol. The van der Waals surface area contributed by atoms with Crippen LogP contribution in [0.5, 0.6) is 5.75 Å². The van der Waals surface area contributed by atoms with Crippen molar-refractivity contribution in [1.29, 1.82) is 0 Å². The molecular formula is C10H14BrNO3S. The van der Waals surface area contributed by atoms with E-state index < -0.39 is 10.0 Å². The molecule has 90 valence electrons. The van der Waals surface area contributed by atoms with Crippen LogP contribution in [0.1, 0.15) is 13.8 Å². The molecule has 0 aliphatic rings. The number of hydrogen-bond donors (Lipinski definition) is 1. The molecule has 0 radical (unpaired) electrons. The Bertz CT molecular complexity index is 471. The van der Waals surface area contributed by atoms with E-state index >= 15 is 0 Å². The summed E-state index contributed by atoms with van der Waals surface area (Å²) in [5.74, 6) is 0.492. The lowest BCUT2D eigenvalue weighted by Gasteiger charge is -2.11. The molecule has 0 fully saturated rings. The minimum atomic E-state index is -3.46. The van der Waals surface area contributed by atoms with Crippen LogP contribution in [0.25, 0.3) is 0 Å². The molecule has 0 saturated carbocycles. The Morgan fingerprint density at radius 3 is 2.50 bits per heavy atom. The van der Waals surface area contributed by atoms with Crippen LogP contribution in [-0.4, -0.2) is 21.6 Å². The van der Waals surface area contributed by atoms with Crippen molar-refractivity contribution in [2.75, 3.05) is 7.11 Å². The molecule has 1 aromatic carbocycles. The van der Waals surface area contributed by atoms with Gasteiger partial charge in [-0.1, -0.05) is 0 Å². The third kappa shape index (κ3) is 3.20. The molecule has 0 spiro atoms. The highest BCUT2D eigenvalue weighted by molar-refractivity contribution is 9.10. The Kier molecular flexibility index (Phi) is 4.35. The van der Waals surface area contributed by atoms with Crippen LogP contribution >= 0.6 is 15.9 Å². The third-order valence-electron chi connectivity index (χ3n) is 1.82. The highest BCUT2D eigenvalue weighted by Crippen LogP contribution is 2.27. The zero-order valence-electron chi connectivity index (χ0n) is 9.32. The van der Waals surface area contributed by atoms with Crippen molar-refractivity contribution < 1.29 is 13.2 Å². The zero-order valence-corrected chi connectivity index (χ0v) is 11.7. The minimum absolute atomic E-state index is 0.139. The second kappa shape index (κ2) is 5.16. The summed E-state index contributed by atoms with van der Waals surface area (Å²) in [5, 5.41) is 0. The first-order chi connectivity index (χ1) is 7.36. The van der Waals surface area contributed by atoms with E-state index in [1.54, 1.807) is 19.9 Å². The Morgan fingerprint density at radius 1 is 1.38 bits per heavy atom. The average molecular weight is 308 g/mol. The molecule has 6 heteroatoms. The quantitative estimate of drug-likeness (QED) is 0.927. The normalized spacial score (nSPS) is 11.8. The Balaban J connectivity index is 3.14. The standard InChI is InChI=1S/C10H14BrNO3S/c1-7(2)12-16(13,14)8-4-5-9(11)10(6-8)15-3/h4-7,12H,1-3H3. The van der Waals surface area contributed by atoms with E-state index in [1.165, 1.54) is 19.2 Å². The maximum Gasteiger partial charge on any atom is 0.240 e. The summed E-state index contributed by atoms with van der Waals surface area (Å²) in [7, 11) is -1.97. The molecule has 16 heavy (non-hydrogen) atoms. The number of rotatable bonds is 4. The highest BCUT2D eigenvalue weighted by atomic mass is 79.9. The SMILES string of the molecule is COc1cc(S(=O)(=O)NC(C)C)ccc1Br. The van der Waals surface area contributed by atoms with E-state index in [0.717, 1.165) is 4.47 Å². The van der Waals surface area contributed by atoms with Crippen LogP contribution < -0.4 is 9.46 Å². The number of sulfonamides is 1. The van der Waals surface area contributed by atoms with Crippen molar-refractivity contribution >= 4 is 26.0 Å². The summed E-state index contributed by atoms with van der Waals surface area (Å²) in [6, 6.07) is 4.51. The van der Waals surface area contributed by atoms with Crippen molar-refractivity contribution in [1.82, 2.24) is 4.72 Å². The predicted molar refractivity (Wildman–Crippen MR) is 66.2 cm³/mol. The molecule has 0 aromatic heterocycles. The van der Waals surface area contributed by atoms with Gasteiger partial charge in [0.2, 0.25) is 10.0 Å². The van der Waals surface area contributed by atoms with Gasteiger partial charge in [-0.25, -0.2) is 13.1 Å². The number of ether oxygens (including phenoxy) is 1. The van der Waals surface area contributed by atoms with Gasteiger partial charge in [0, 0.05) is 12.1 Å². The van der Waals surface area contributed by atoms with Gasteiger partial charge in [-0.2, -0.15) is 0 Å². The lowest BCUT2D eigenvalue weighted by atomic mass is 10.3. The van der Waals surface area contributed by atoms with Crippen LogP contribution in [0.15, 0.2) is 27.6 Å². The molecule has 4 nitrogen and oxygen atoms in total. The van der Waals surface area contributed by atoms with E-state index in [-0.39, 0.29) is 10.9 Å². The van der Waals surface area contributed by atoms with Crippen molar-refractivity contribution in [3.8, 4) is 5.75 Å². The first-order valence-electron chi connectivity index (χ1n) is 4.72. The molecule has 1 N–H and O–H groups in total. The zero-order chi connectivity index (χ0) is 12.3. The maximum atomic E-state index is 11.8. The summed E-state index contributed by atoms with van der Waals surface area (Å²) in [6.45, 7) is 3.54. The Labute approximate surface area is 104 Å². The monoisotopic (exact) mass is 307 g/mol. The summed E-state index contributed by atoms with van der Waals surface area (Å²) in [6.07, 6.45) is 0. The van der Waals surface area contributed by atoms with E-state index in [2.05, 4.69) is 20.7 Å². The summed E-state index contributed by atoms with van der Waals surface area (Å²) >= 11 is 3.27. The van der Waals surface area contributed by atoms with E-state index in [9.17, 15) is 8.42 Å². The molecule has 0 heterocycles. The van der Waals surface area contributed by atoms with Crippen LogP contribution in [0.3, 0.4) is 0 Å². The van der Waals surface area contributed by atoms with Crippen molar-refractivity contribution in [2.24, 2.45) is 0 Å². The third-order valence-corrected chi connectivity index (χ3v) is 4.14. The Hall–Kier alpha value is -0.590. The number of benzene rings is 1. The molecule has 0 bridgehead atoms. The van der Waals surface area contributed by atoms with Gasteiger partial charge >= 0.3 is 0 Å². The average Bonchev–Trinajstić information content (AvgIpc) is 2.16. The Morgan fingerprint density at radius 2 is 2.00 bits per heavy atom. The molecule has 0 unspecified atom stereocenters. The molecule has 0 aliphatic carbocycles. The van der Waals surface area contributed by atoms with Crippen LogP contribution in [-0.2, 0) is 10.0 Å². The summed E-state index contributed by atoms with van der Waals surface area (Å²) in [4.78, 5) is 0.196. The molecule has 0 amide bonds. The van der Waals surface area contributed by atoms with Crippen molar-refractivity contribution in [2.45, 2.75) is 24.8 Å². The fourth-order valence-corrected chi connectivity index (χ4v) is 2.86. The number of hydrogen-bond acceptors (Lipinski definition) is 3. The summed E-state index contributed by atoms with van der Waals surface area (Å²) < 4.78 is 32.0. The fourth-order valence-electron chi connectivity index (χ4n) is 1.19. The first-order valence-corrected chi connectivity index (χ1v) is 7.00. The van der Waals surface area contributed by atoms with Crippen LogP contribution in [0, 0.1) is 0 Å². The van der Waals surface area contributed by atoms with Gasteiger partial charge in [0.1, 0.15) is 5.75 Å². The lowest BCUT2D eigenvalue weighted by Crippen LogP contribution is -2.30. The van der Waals surface area contributed by atoms with Gasteiger partial charge < -0.3 is 4.74 Å². The number of nitrogens with one attached hydrogen (secondary N) is 1. The predicted octanol–water partition coefficient (Wildman–Crippen LogP) is 2.14. The maximum absolute atomic E-state index is 11.8. The molecule has 0 saturated heterocycles. The van der Waals surface area contributed by atoms with Gasteiger partial charge in [0.15, 0.2) is 0 Å². The van der Waals surface area contributed by atoms with Gasteiger partial charge in [0.25, 0.3) is 0 Å². The van der Waals surface area contributed by atoms with Crippen molar-refractivity contribution in [3.63, 3.8) is 0 Å². The van der Waals surface area contributed by atoms with Gasteiger partial charge in [-0.05, 0) is 41.9 Å². The van der Waals surface area contributed by atoms with E-state index in [4.69, 9.17) is 4.74 Å². The molecule has 0 atom stereocenters. The van der Waals surface area contributed by atoms with Crippen molar-refractivity contribution in [3.05, 3.63) is 22.7 Å². The van der Waals surface area contributed by atoms with E-state index in [1.807, 2.05) is 0 Å². The highest BCUT2D eigenvalue weighted by Gasteiger charge is 2.16.